The van der Waals surface area contributed by atoms with Crippen LogP contribution < -0.4 is 5.32 Å². The Morgan fingerprint density at radius 2 is 2.23 bits per heavy atom. The molecule has 2 atom stereocenters. The summed E-state index contributed by atoms with van der Waals surface area (Å²) in [5, 5.41) is 3.30. The molecule has 3 heteroatoms. The minimum atomic E-state index is -0.0920. The first-order chi connectivity index (χ1) is 6.15. The van der Waals surface area contributed by atoms with Crippen LogP contribution in [0.4, 0.5) is 0 Å². The van der Waals surface area contributed by atoms with E-state index in [1.807, 2.05) is 6.92 Å². The lowest BCUT2D eigenvalue weighted by atomic mass is 10.0. The van der Waals surface area contributed by atoms with Crippen molar-refractivity contribution in [3.05, 3.63) is 0 Å². The van der Waals surface area contributed by atoms with Crippen molar-refractivity contribution in [3.63, 3.8) is 0 Å². The molecule has 1 heterocycles. The zero-order valence-electron chi connectivity index (χ0n) is 8.67. The van der Waals surface area contributed by atoms with E-state index in [-0.39, 0.29) is 12.0 Å². The summed E-state index contributed by atoms with van der Waals surface area (Å²) in [5.74, 6) is 0.505. The van der Waals surface area contributed by atoms with Crippen LogP contribution in [-0.4, -0.2) is 24.7 Å². The van der Waals surface area contributed by atoms with Crippen molar-refractivity contribution >= 4 is 5.97 Å². The number of rotatable bonds is 3. The first kappa shape index (κ1) is 10.5. The maximum Gasteiger partial charge on any atom is 0.323 e. The van der Waals surface area contributed by atoms with E-state index < -0.39 is 0 Å². The molecule has 0 aliphatic carbocycles. The number of esters is 1. The smallest absolute Gasteiger partial charge is 0.323 e. The van der Waals surface area contributed by atoms with Crippen LogP contribution in [0.15, 0.2) is 0 Å². The normalized spacial score (nSPS) is 28.0. The molecule has 1 aliphatic heterocycles. The summed E-state index contributed by atoms with van der Waals surface area (Å²) in [6.45, 7) is 6.66. The Labute approximate surface area is 79.8 Å². The van der Waals surface area contributed by atoms with Crippen molar-refractivity contribution in [1.82, 2.24) is 5.32 Å². The minimum absolute atomic E-state index is 0.0626. The molecule has 0 amide bonds. The SMILES string of the molecule is CCOC(=O)[C@@H]1CCC(C(C)C)N1. The summed E-state index contributed by atoms with van der Waals surface area (Å²) in [6, 6.07) is 0.418. The monoisotopic (exact) mass is 185 g/mol. The van der Waals surface area contributed by atoms with Gasteiger partial charge in [0.1, 0.15) is 6.04 Å². The number of nitrogens with one attached hydrogen (secondary N) is 1. The predicted molar refractivity (Wildman–Crippen MR) is 51.4 cm³/mol. The number of hydrogen-bond acceptors (Lipinski definition) is 3. The standard InChI is InChI=1S/C10H19NO2/c1-4-13-10(12)9-6-5-8(11-9)7(2)3/h7-9,11H,4-6H2,1-3H3/t8?,9-/m0/s1. The molecule has 0 aromatic heterocycles. The largest absolute Gasteiger partial charge is 0.465 e. The fraction of sp³-hybridized carbons (Fsp3) is 0.900. The van der Waals surface area contributed by atoms with Crippen molar-refractivity contribution in [2.24, 2.45) is 5.92 Å². The number of carbonyl (C=O) groups is 1. The van der Waals surface area contributed by atoms with E-state index in [4.69, 9.17) is 4.74 Å². The van der Waals surface area contributed by atoms with Gasteiger partial charge >= 0.3 is 5.97 Å². The second-order valence-electron chi connectivity index (χ2n) is 3.90. The second-order valence-corrected chi connectivity index (χ2v) is 3.90. The molecular formula is C10H19NO2. The Kier molecular flexibility index (Phi) is 3.72. The molecule has 0 aromatic carbocycles. The van der Waals surface area contributed by atoms with Crippen molar-refractivity contribution in [1.29, 1.82) is 0 Å². The van der Waals surface area contributed by atoms with E-state index in [0.717, 1.165) is 12.8 Å². The molecule has 3 nitrogen and oxygen atoms in total. The first-order valence-corrected chi connectivity index (χ1v) is 5.07. The Hall–Kier alpha value is -0.570. The van der Waals surface area contributed by atoms with Crippen LogP contribution in [0, 0.1) is 5.92 Å². The van der Waals surface area contributed by atoms with Gasteiger partial charge in [0, 0.05) is 6.04 Å². The quantitative estimate of drug-likeness (QED) is 0.674. The van der Waals surface area contributed by atoms with Gasteiger partial charge in [0.15, 0.2) is 0 Å². The van der Waals surface area contributed by atoms with Gasteiger partial charge in [-0.1, -0.05) is 13.8 Å². The molecule has 1 aliphatic rings. The van der Waals surface area contributed by atoms with Gasteiger partial charge in [0.05, 0.1) is 6.61 Å². The topological polar surface area (TPSA) is 38.3 Å². The lowest BCUT2D eigenvalue weighted by molar-refractivity contribution is -0.145. The molecule has 0 aromatic rings. The van der Waals surface area contributed by atoms with Crippen LogP contribution >= 0.6 is 0 Å². The molecule has 0 saturated carbocycles. The first-order valence-electron chi connectivity index (χ1n) is 5.07. The molecule has 1 saturated heterocycles. The van der Waals surface area contributed by atoms with Crippen molar-refractivity contribution in [2.45, 2.75) is 45.7 Å². The van der Waals surface area contributed by atoms with Crippen LogP contribution in [0.1, 0.15) is 33.6 Å². The predicted octanol–water partition coefficient (Wildman–Crippen LogP) is 1.33. The maximum absolute atomic E-state index is 11.3. The van der Waals surface area contributed by atoms with E-state index in [9.17, 15) is 4.79 Å². The van der Waals surface area contributed by atoms with Gasteiger partial charge in [0.2, 0.25) is 0 Å². The third-order valence-electron chi connectivity index (χ3n) is 2.56. The third-order valence-corrected chi connectivity index (χ3v) is 2.56. The van der Waals surface area contributed by atoms with Gasteiger partial charge in [-0.25, -0.2) is 0 Å². The van der Waals surface area contributed by atoms with Crippen LogP contribution in [0.3, 0.4) is 0 Å². The van der Waals surface area contributed by atoms with Crippen LogP contribution in [0.2, 0.25) is 0 Å². The molecule has 76 valence electrons. The van der Waals surface area contributed by atoms with Crippen molar-refractivity contribution in [2.75, 3.05) is 6.61 Å². The van der Waals surface area contributed by atoms with Crippen LogP contribution in [0.5, 0.6) is 0 Å². The zero-order valence-corrected chi connectivity index (χ0v) is 8.67. The molecule has 0 bridgehead atoms. The van der Waals surface area contributed by atoms with Crippen molar-refractivity contribution < 1.29 is 9.53 Å². The molecule has 0 spiro atoms. The lowest BCUT2D eigenvalue weighted by Gasteiger charge is -2.16. The van der Waals surface area contributed by atoms with E-state index >= 15 is 0 Å². The van der Waals surface area contributed by atoms with Gasteiger partial charge in [0.25, 0.3) is 0 Å². The zero-order chi connectivity index (χ0) is 9.84. The molecule has 0 radical (unpaired) electrons. The maximum atomic E-state index is 11.3. The lowest BCUT2D eigenvalue weighted by Crippen LogP contribution is -2.38. The average Bonchev–Trinajstić information content (AvgIpc) is 2.52. The average molecular weight is 185 g/mol. The molecule has 1 fully saturated rings. The van der Waals surface area contributed by atoms with Gasteiger partial charge in [-0.3, -0.25) is 4.79 Å². The van der Waals surface area contributed by atoms with Gasteiger partial charge in [-0.15, -0.1) is 0 Å². The third kappa shape index (κ3) is 2.69. The molecule has 1 unspecified atom stereocenters. The number of carbonyl (C=O) groups excluding carboxylic acids is 1. The highest BCUT2D eigenvalue weighted by molar-refractivity contribution is 5.76. The molecular weight excluding hydrogens is 166 g/mol. The Balaban J connectivity index is 2.36. The highest BCUT2D eigenvalue weighted by Crippen LogP contribution is 2.19. The van der Waals surface area contributed by atoms with E-state index in [1.54, 1.807) is 0 Å². The van der Waals surface area contributed by atoms with E-state index in [0.29, 0.717) is 18.6 Å². The summed E-state index contributed by atoms with van der Waals surface area (Å²) in [4.78, 5) is 11.3. The van der Waals surface area contributed by atoms with E-state index in [2.05, 4.69) is 19.2 Å². The molecule has 13 heavy (non-hydrogen) atoms. The van der Waals surface area contributed by atoms with Gasteiger partial charge in [-0.2, -0.15) is 0 Å². The van der Waals surface area contributed by atoms with Gasteiger partial charge < -0.3 is 10.1 Å². The fourth-order valence-electron chi connectivity index (χ4n) is 1.73. The Morgan fingerprint density at radius 1 is 1.54 bits per heavy atom. The number of ether oxygens (including phenoxy) is 1. The minimum Gasteiger partial charge on any atom is -0.465 e. The highest BCUT2D eigenvalue weighted by atomic mass is 16.5. The summed E-state index contributed by atoms with van der Waals surface area (Å²) in [7, 11) is 0. The number of hydrogen-bond donors (Lipinski definition) is 1. The van der Waals surface area contributed by atoms with Crippen molar-refractivity contribution in [3.8, 4) is 0 Å². The summed E-state index contributed by atoms with van der Waals surface area (Å²) in [5.41, 5.74) is 0. The van der Waals surface area contributed by atoms with Crippen LogP contribution in [0.25, 0.3) is 0 Å². The Morgan fingerprint density at radius 3 is 2.69 bits per heavy atom. The molecule has 1 N–H and O–H groups in total. The van der Waals surface area contributed by atoms with Crippen LogP contribution in [-0.2, 0) is 9.53 Å². The Bertz CT molecular complexity index is 180. The highest BCUT2D eigenvalue weighted by Gasteiger charge is 2.31. The molecule has 1 rings (SSSR count). The summed E-state index contributed by atoms with van der Waals surface area (Å²) >= 11 is 0. The van der Waals surface area contributed by atoms with Gasteiger partial charge in [-0.05, 0) is 25.7 Å². The fourth-order valence-corrected chi connectivity index (χ4v) is 1.73. The summed E-state index contributed by atoms with van der Waals surface area (Å²) < 4.78 is 4.95. The summed E-state index contributed by atoms with van der Waals surface area (Å²) in [6.07, 6.45) is 2.00. The van der Waals surface area contributed by atoms with E-state index in [1.165, 1.54) is 0 Å². The second kappa shape index (κ2) is 4.61.